The molecule has 0 aliphatic rings. The van der Waals surface area contributed by atoms with Crippen molar-refractivity contribution in [2.75, 3.05) is 13.7 Å². The Labute approximate surface area is 173 Å². The average Bonchev–Trinajstić information content (AvgIpc) is 3.25. The molecule has 0 saturated heterocycles. The molecule has 8 nitrogen and oxygen atoms in total. The summed E-state index contributed by atoms with van der Waals surface area (Å²) in [5, 5.41) is 4.48. The van der Waals surface area contributed by atoms with Gasteiger partial charge in [-0.25, -0.2) is 0 Å². The summed E-state index contributed by atoms with van der Waals surface area (Å²) in [5.74, 6) is -0.624. The van der Waals surface area contributed by atoms with E-state index in [0.717, 1.165) is 0 Å². The molecule has 0 bridgehead atoms. The quantitative estimate of drug-likeness (QED) is 0.570. The molecule has 29 heavy (non-hydrogen) atoms. The van der Waals surface area contributed by atoms with Crippen LogP contribution in [0.3, 0.4) is 0 Å². The van der Waals surface area contributed by atoms with Crippen LogP contribution in [0, 0.1) is 5.92 Å². The Morgan fingerprint density at radius 3 is 2.41 bits per heavy atom. The third kappa shape index (κ3) is 5.95. The lowest BCUT2D eigenvalue weighted by atomic mass is 10.0. The monoisotopic (exact) mass is 419 g/mol. The van der Waals surface area contributed by atoms with Gasteiger partial charge in [0, 0.05) is 5.56 Å². The lowest BCUT2D eigenvalue weighted by Gasteiger charge is -2.21. The maximum absolute atomic E-state index is 12.5. The molecule has 0 fully saturated rings. The zero-order valence-corrected chi connectivity index (χ0v) is 17.6. The maximum atomic E-state index is 12.5. The Morgan fingerprint density at radius 1 is 1.07 bits per heavy atom. The first-order chi connectivity index (χ1) is 13.9. The van der Waals surface area contributed by atoms with Crippen LogP contribution in [0.1, 0.15) is 40.8 Å². The summed E-state index contributed by atoms with van der Waals surface area (Å²) in [6.45, 7) is 5.92. The van der Waals surface area contributed by atoms with E-state index in [-0.39, 0.29) is 17.4 Å². The summed E-state index contributed by atoms with van der Waals surface area (Å²) in [6, 6.07) is 7.33. The number of benzene rings is 1. The van der Waals surface area contributed by atoms with E-state index >= 15 is 0 Å². The van der Waals surface area contributed by atoms with Crippen molar-refractivity contribution in [1.82, 2.24) is 16.2 Å². The third-order valence-electron chi connectivity index (χ3n) is 4.01. The Balaban J connectivity index is 2.00. The second kappa shape index (κ2) is 10.5. The van der Waals surface area contributed by atoms with Crippen LogP contribution in [0.15, 0.2) is 35.7 Å². The first-order valence-corrected chi connectivity index (χ1v) is 10.0. The summed E-state index contributed by atoms with van der Waals surface area (Å²) in [7, 11) is 1.48. The molecule has 0 aliphatic carbocycles. The molecule has 156 valence electrons. The highest BCUT2D eigenvalue weighted by atomic mass is 32.1. The van der Waals surface area contributed by atoms with E-state index in [9.17, 15) is 14.4 Å². The number of thiophene rings is 1. The topological polar surface area (TPSA) is 106 Å². The van der Waals surface area contributed by atoms with Gasteiger partial charge in [-0.1, -0.05) is 19.9 Å². The molecule has 2 rings (SSSR count). The highest BCUT2D eigenvalue weighted by Gasteiger charge is 2.25. The normalized spacial score (nSPS) is 11.5. The van der Waals surface area contributed by atoms with Gasteiger partial charge in [-0.05, 0) is 42.5 Å². The van der Waals surface area contributed by atoms with Gasteiger partial charge >= 0.3 is 0 Å². The third-order valence-corrected chi connectivity index (χ3v) is 4.87. The molecule has 3 amide bonds. The first kappa shape index (κ1) is 22.2. The molecule has 0 radical (unpaired) electrons. The minimum Gasteiger partial charge on any atom is -0.493 e. The van der Waals surface area contributed by atoms with Crippen molar-refractivity contribution in [3.63, 3.8) is 0 Å². The molecule has 3 N–H and O–H groups in total. The van der Waals surface area contributed by atoms with Gasteiger partial charge in [0.25, 0.3) is 17.7 Å². The summed E-state index contributed by atoms with van der Waals surface area (Å²) >= 11 is 1.28. The SMILES string of the molecule is CCOc1ccc(C(=O)NNC(=O)[C@H](NC(=O)c2cccs2)C(C)C)cc1OC. The smallest absolute Gasteiger partial charge is 0.269 e. The van der Waals surface area contributed by atoms with Gasteiger partial charge in [-0.3, -0.25) is 25.2 Å². The molecule has 1 atom stereocenters. The lowest BCUT2D eigenvalue weighted by molar-refractivity contribution is -0.124. The lowest BCUT2D eigenvalue weighted by Crippen LogP contribution is -2.54. The van der Waals surface area contributed by atoms with Gasteiger partial charge in [-0.15, -0.1) is 11.3 Å². The molecule has 9 heteroatoms. The first-order valence-electron chi connectivity index (χ1n) is 9.12. The predicted molar refractivity (Wildman–Crippen MR) is 110 cm³/mol. The van der Waals surface area contributed by atoms with Crippen molar-refractivity contribution in [2.45, 2.75) is 26.8 Å². The van der Waals surface area contributed by atoms with Gasteiger partial charge in [-0.2, -0.15) is 0 Å². The second-order valence-electron chi connectivity index (χ2n) is 6.41. The molecular weight excluding hydrogens is 394 g/mol. The van der Waals surface area contributed by atoms with Crippen LogP contribution < -0.4 is 25.6 Å². The molecule has 0 aliphatic heterocycles. The number of amides is 3. The second-order valence-corrected chi connectivity index (χ2v) is 7.36. The molecular formula is C20H25N3O5S. The molecule has 0 saturated carbocycles. The maximum Gasteiger partial charge on any atom is 0.269 e. The van der Waals surface area contributed by atoms with Gasteiger partial charge in [0.15, 0.2) is 11.5 Å². The average molecular weight is 420 g/mol. The van der Waals surface area contributed by atoms with Gasteiger partial charge in [0.1, 0.15) is 6.04 Å². The Bertz CT molecular complexity index is 852. The van der Waals surface area contributed by atoms with E-state index in [0.29, 0.717) is 23.0 Å². The number of hydrazine groups is 1. The summed E-state index contributed by atoms with van der Waals surface area (Å²) < 4.78 is 10.6. The Morgan fingerprint density at radius 2 is 1.83 bits per heavy atom. The largest absolute Gasteiger partial charge is 0.493 e. The highest BCUT2D eigenvalue weighted by molar-refractivity contribution is 7.12. The fourth-order valence-electron chi connectivity index (χ4n) is 2.51. The minimum atomic E-state index is -0.806. The molecule has 0 spiro atoms. The molecule has 0 unspecified atom stereocenters. The zero-order chi connectivity index (χ0) is 21.4. The zero-order valence-electron chi connectivity index (χ0n) is 16.8. The number of carbonyl (C=O) groups is 3. The van der Waals surface area contributed by atoms with E-state index < -0.39 is 17.9 Å². The van der Waals surface area contributed by atoms with Crippen LogP contribution >= 0.6 is 11.3 Å². The van der Waals surface area contributed by atoms with Gasteiger partial charge < -0.3 is 14.8 Å². The van der Waals surface area contributed by atoms with Crippen LogP contribution in [0.2, 0.25) is 0 Å². The van der Waals surface area contributed by atoms with E-state index in [1.54, 1.807) is 43.5 Å². The van der Waals surface area contributed by atoms with Crippen LogP contribution in [-0.4, -0.2) is 37.5 Å². The number of nitrogens with one attached hydrogen (secondary N) is 3. The number of carbonyl (C=O) groups excluding carboxylic acids is 3. The van der Waals surface area contributed by atoms with Crippen molar-refractivity contribution in [1.29, 1.82) is 0 Å². The molecule has 1 aromatic heterocycles. The number of hydrogen-bond acceptors (Lipinski definition) is 6. The number of hydrogen-bond donors (Lipinski definition) is 3. The van der Waals surface area contributed by atoms with Crippen LogP contribution in [0.25, 0.3) is 0 Å². The summed E-state index contributed by atoms with van der Waals surface area (Å²) in [4.78, 5) is 37.6. The molecule has 2 aromatic rings. The van der Waals surface area contributed by atoms with Gasteiger partial charge in [0.2, 0.25) is 0 Å². The number of rotatable bonds is 8. The Hall–Kier alpha value is -3.07. The van der Waals surface area contributed by atoms with E-state index in [1.807, 2.05) is 6.92 Å². The minimum absolute atomic E-state index is 0.179. The fraction of sp³-hybridized carbons (Fsp3) is 0.350. The Kier molecular flexibility index (Phi) is 8.02. The van der Waals surface area contributed by atoms with Crippen molar-refractivity contribution < 1.29 is 23.9 Å². The summed E-state index contributed by atoms with van der Waals surface area (Å²) in [6.07, 6.45) is 0. The fourth-order valence-corrected chi connectivity index (χ4v) is 3.13. The van der Waals surface area contributed by atoms with E-state index in [2.05, 4.69) is 16.2 Å². The van der Waals surface area contributed by atoms with E-state index in [4.69, 9.17) is 9.47 Å². The standard InChI is InChI=1S/C20H25N3O5S/c1-5-28-14-9-8-13(11-15(14)27-4)18(24)22-23-20(26)17(12(2)3)21-19(25)16-7-6-10-29-16/h6-12,17H,5H2,1-4H3,(H,21,25)(H,22,24)(H,23,26)/t17-/m1/s1. The molecule has 1 aromatic carbocycles. The van der Waals surface area contributed by atoms with Crippen molar-refractivity contribution >= 4 is 29.1 Å². The van der Waals surface area contributed by atoms with Crippen molar-refractivity contribution in [2.24, 2.45) is 5.92 Å². The van der Waals surface area contributed by atoms with Crippen molar-refractivity contribution in [3.05, 3.63) is 46.2 Å². The highest BCUT2D eigenvalue weighted by Crippen LogP contribution is 2.27. The number of methoxy groups -OCH3 is 1. The van der Waals surface area contributed by atoms with Crippen molar-refractivity contribution in [3.8, 4) is 11.5 Å². The van der Waals surface area contributed by atoms with Crippen LogP contribution in [0.4, 0.5) is 0 Å². The van der Waals surface area contributed by atoms with Crippen LogP contribution in [-0.2, 0) is 4.79 Å². The predicted octanol–water partition coefficient (Wildman–Crippen LogP) is 2.37. The summed E-state index contributed by atoms with van der Waals surface area (Å²) in [5.41, 5.74) is 5.02. The molecule has 1 heterocycles. The van der Waals surface area contributed by atoms with E-state index in [1.165, 1.54) is 24.5 Å². The van der Waals surface area contributed by atoms with Crippen LogP contribution in [0.5, 0.6) is 11.5 Å². The van der Waals surface area contributed by atoms with Gasteiger partial charge in [0.05, 0.1) is 18.6 Å². The number of ether oxygens (including phenoxy) is 2.